The van der Waals surface area contributed by atoms with E-state index < -0.39 is 22.3 Å². The molecule has 2 aromatic carbocycles. The zero-order valence-electron chi connectivity index (χ0n) is 10.3. The number of halogens is 2. The van der Waals surface area contributed by atoms with Crippen molar-refractivity contribution < 1.29 is 19.2 Å². The first-order chi connectivity index (χ1) is 9.86. The molecule has 21 heavy (non-hydrogen) atoms. The number of rotatable bonds is 3. The third kappa shape index (κ3) is 3.46. The first kappa shape index (κ1) is 14.7. The molecule has 0 spiro atoms. The van der Waals surface area contributed by atoms with Crippen molar-refractivity contribution >= 4 is 28.9 Å². The monoisotopic (exact) mass is 310 g/mol. The number of nitro groups is 1. The molecule has 2 rings (SSSR count). The van der Waals surface area contributed by atoms with Crippen LogP contribution in [0.15, 0.2) is 36.4 Å². The van der Waals surface area contributed by atoms with E-state index in [2.05, 4.69) is 5.32 Å². The van der Waals surface area contributed by atoms with Crippen LogP contribution < -0.4 is 5.32 Å². The molecule has 0 radical (unpaired) electrons. The normalized spacial score (nSPS) is 10.2. The van der Waals surface area contributed by atoms with Crippen LogP contribution in [0.5, 0.6) is 5.75 Å². The summed E-state index contributed by atoms with van der Waals surface area (Å²) in [4.78, 5) is 21.8. The highest BCUT2D eigenvalue weighted by atomic mass is 35.5. The Morgan fingerprint density at radius 1 is 1.29 bits per heavy atom. The van der Waals surface area contributed by atoms with Crippen LogP contribution in [0.3, 0.4) is 0 Å². The van der Waals surface area contributed by atoms with E-state index in [4.69, 9.17) is 11.6 Å². The van der Waals surface area contributed by atoms with Gasteiger partial charge in [-0.1, -0.05) is 11.6 Å². The molecule has 6 nitrogen and oxygen atoms in total. The number of benzene rings is 2. The number of anilines is 1. The Kier molecular flexibility index (Phi) is 4.04. The third-order valence-corrected chi connectivity index (χ3v) is 2.87. The highest BCUT2D eigenvalue weighted by Gasteiger charge is 2.15. The molecule has 8 heteroatoms. The molecule has 0 aromatic heterocycles. The minimum absolute atomic E-state index is 0.0780. The number of carbonyl (C=O) groups is 1. The molecule has 108 valence electrons. The lowest BCUT2D eigenvalue weighted by Crippen LogP contribution is -2.12. The van der Waals surface area contributed by atoms with Gasteiger partial charge in [-0.15, -0.1) is 0 Å². The maximum atomic E-state index is 13.3. The summed E-state index contributed by atoms with van der Waals surface area (Å²) in [5, 5.41) is 22.3. The Balaban J connectivity index is 2.30. The summed E-state index contributed by atoms with van der Waals surface area (Å²) < 4.78 is 13.3. The molecular formula is C13H8ClFN2O4. The van der Waals surface area contributed by atoms with Gasteiger partial charge in [0.2, 0.25) is 0 Å². The Labute approximate surface area is 122 Å². The highest BCUT2D eigenvalue weighted by Crippen LogP contribution is 2.26. The Morgan fingerprint density at radius 2 is 2.00 bits per heavy atom. The lowest BCUT2D eigenvalue weighted by molar-refractivity contribution is -0.385. The molecule has 1 amide bonds. The van der Waals surface area contributed by atoms with Gasteiger partial charge in [-0.2, -0.15) is 0 Å². The second-order valence-electron chi connectivity index (χ2n) is 4.07. The second kappa shape index (κ2) is 5.76. The SMILES string of the molecule is O=C(Nc1ccc(O)cc1Cl)c1cc(F)cc([N+](=O)[O-])c1. The molecule has 2 aromatic rings. The van der Waals surface area contributed by atoms with Gasteiger partial charge in [-0.05, 0) is 18.2 Å². The van der Waals surface area contributed by atoms with Gasteiger partial charge in [0.1, 0.15) is 11.6 Å². The number of nitrogens with zero attached hydrogens (tertiary/aromatic N) is 1. The fraction of sp³-hybridized carbons (Fsp3) is 0. The van der Waals surface area contributed by atoms with Gasteiger partial charge in [-0.25, -0.2) is 4.39 Å². The average Bonchev–Trinajstić information content (AvgIpc) is 2.41. The number of aromatic hydroxyl groups is 1. The van der Waals surface area contributed by atoms with E-state index >= 15 is 0 Å². The summed E-state index contributed by atoms with van der Waals surface area (Å²) in [5.74, 6) is -1.74. The smallest absolute Gasteiger partial charge is 0.273 e. The molecule has 0 atom stereocenters. The molecular weight excluding hydrogens is 303 g/mol. The minimum atomic E-state index is -0.897. The standard InChI is InChI=1S/C13H8ClFN2O4/c14-11-6-10(18)1-2-12(11)16-13(19)7-3-8(15)5-9(4-7)17(20)21/h1-6,18H,(H,16,19). The van der Waals surface area contributed by atoms with Crippen LogP contribution in [0.1, 0.15) is 10.4 Å². The minimum Gasteiger partial charge on any atom is -0.508 e. The zero-order valence-corrected chi connectivity index (χ0v) is 11.1. The summed E-state index contributed by atoms with van der Waals surface area (Å²) in [6.07, 6.45) is 0. The van der Waals surface area contributed by atoms with Gasteiger partial charge in [0.25, 0.3) is 11.6 Å². The number of phenols is 1. The summed E-state index contributed by atoms with van der Waals surface area (Å²) in [5.41, 5.74) is -0.561. The number of amides is 1. The van der Waals surface area contributed by atoms with Crippen LogP contribution >= 0.6 is 11.6 Å². The number of hydrogen-bond acceptors (Lipinski definition) is 4. The summed E-state index contributed by atoms with van der Waals surface area (Å²) in [6.45, 7) is 0. The number of nitro benzene ring substituents is 1. The van der Waals surface area contributed by atoms with Crippen LogP contribution in [0.25, 0.3) is 0 Å². The lowest BCUT2D eigenvalue weighted by Gasteiger charge is -2.07. The average molecular weight is 311 g/mol. The van der Waals surface area contributed by atoms with Crippen LogP contribution in [0.4, 0.5) is 15.8 Å². The van der Waals surface area contributed by atoms with Crippen LogP contribution in [-0.2, 0) is 0 Å². The summed E-state index contributed by atoms with van der Waals surface area (Å²) in [6, 6.07) is 6.40. The van der Waals surface area contributed by atoms with Crippen LogP contribution in [-0.4, -0.2) is 15.9 Å². The lowest BCUT2D eigenvalue weighted by atomic mass is 10.1. The predicted octanol–water partition coefficient (Wildman–Crippen LogP) is 3.35. The van der Waals surface area contributed by atoms with Crippen molar-refractivity contribution in [2.75, 3.05) is 5.32 Å². The van der Waals surface area contributed by atoms with Crippen LogP contribution in [0, 0.1) is 15.9 Å². The Hall–Kier alpha value is -2.67. The molecule has 0 heterocycles. The van der Waals surface area contributed by atoms with E-state index in [1.807, 2.05) is 0 Å². The van der Waals surface area contributed by atoms with Crippen molar-refractivity contribution in [1.29, 1.82) is 0 Å². The molecule has 0 fully saturated rings. The molecule has 0 bridgehead atoms. The van der Waals surface area contributed by atoms with Gasteiger partial charge in [0.15, 0.2) is 0 Å². The van der Waals surface area contributed by atoms with E-state index in [0.29, 0.717) is 6.07 Å². The molecule has 0 saturated carbocycles. The fourth-order valence-corrected chi connectivity index (χ4v) is 1.83. The molecule has 0 unspecified atom stereocenters. The van der Waals surface area contributed by atoms with E-state index in [1.54, 1.807) is 0 Å². The van der Waals surface area contributed by atoms with Crippen molar-refractivity contribution in [2.45, 2.75) is 0 Å². The number of hydrogen-bond donors (Lipinski definition) is 2. The predicted molar refractivity (Wildman–Crippen MR) is 74.1 cm³/mol. The highest BCUT2D eigenvalue weighted by molar-refractivity contribution is 6.34. The van der Waals surface area contributed by atoms with E-state index in [0.717, 1.165) is 12.1 Å². The number of phenolic OH excluding ortho intramolecular Hbond substituents is 1. The van der Waals surface area contributed by atoms with Gasteiger partial charge >= 0.3 is 0 Å². The van der Waals surface area contributed by atoms with Gasteiger partial charge in [0, 0.05) is 17.7 Å². The summed E-state index contributed by atoms with van der Waals surface area (Å²) in [7, 11) is 0. The molecule has 2 N–H and O–H groups in total. The van der Waals surface area contributed by atoms with E-state index in [1.165, 1.54) is 18.2 Å². The quantitative estimate of drug-likeness (QED) is 0.516. The van der Waals surface area contributed by atoms with Crippen molar-refractivity contribution in [1.82, 2.24) is 0 Å². The molecule has 0 aliphatic heterocycles. The van der Waals surface area contributed by atoms with Crippen molar-refractivity contribution in [3.05, 3.63) is 62.9 Å². The van der Waals surface area contributed by atoms with Gasteiger partial charge in [-0.3, -0.25) is 14.9 Å². The first-order valence-corrected chi connectivity index (χ1v) is 5.99. The van der Waals surface area contributed by atoms with Crippen molar-refractivity contribution in [2.24, 2.45) is 0 Å². The van der Waals surface area contributed by atoms with Crippen molar-refractivity contribution in [3.8, 4) is 5.75 Å². The largest absolute Gasteiger partial charge is 0.508 e. The van der Waals surface area contributed by atoms with E-state index in [-0.39, 0.29) is 22.0 Å². The molecule has 0 aliphatic rings. The Morgan fingerprint density at radius 3 is 2.62 bits per heavy atom. The topological polar surface area (TPSA) is 92.5 Å². The van der Waals surface area contributed by atoms with E-state index in [9.17, 15) is 24.4 Å². The Bertz CT molecular complexity index is 736. The van der Waals surface area contributed by atoms with Crippen molar-refractivity contribution in [3.63, 3.8) is 0 Å². The van der Waals surface area contributed by atoms with Gasteiger partial charge in [0.05, 0.1) is 21.7 Å². The number of carbonyl (C=O) groups excluding carboxylic acids is 1. The van der Waals surface area contributed by atoms with Gasteiger partial charge < -0.3 is 10.4 Å². The number of non-ortho nitro benzene ring substituents is 1. The molecule has 0 saturated heterocycles. The number of nitrogens with one attached hydrogen (secondary N) is 1. The second-order valence-corrected chi connectivity index (χ2v) is 4.48. The first-order valence-electron chi connectivity index (χ1n) is 5.61. The maximum absolute atomic E-state index is 13.3. The summed E-state index contributed by atoms with van der Waals surface area (Å²) >= 11 is 5.82. The molecule has 0 aliphatic carbocycles. The third-order valence-electron chi connectivity index (χ3n) is 2.56. The maximum Gasteiger partial charge on any atom is 0.273 e. The fourth-order valence-electron chi connectivity index (χ4n) is 1.61. The zero-order chi connectivity index (χ0) is 15.6. The van der Waals surface area contributed by atoms with Crippen LogP contribution in [0.2, 0.25) is 5.02 Å².